The summed E-state index contributed by atoms with van der Waals surface area (Å²) in [5.74, 6) is -4.79. The van der Waals surface area contributed by atoms with Crippen LogP contribution in [-0.2, 0) is 15.8 Å². The summed E-state index contributed by atoms with van der Waals surface area (Å²) in [7, 11) is 0. The van der Waals surface area contributed by atoms with Crippen LogP contribution in [0, 0.1) is 11.7 Å². The summed E-state index contributed by atoms with van der Waals surface area (Å²) in [4.78, 5) is 23.5. The second-order valence-electron chi connectivity index (χ2n) is 4.33. The second kappa shape index (κ2) is 4.77. The number of aliphatic carboxylic acids is 1. The lowest BCUT2D eigenvalue weighted by Gasteiger charge is -2.17. The average molecular weight is 291 g/mol. The van der Waals surface area contributed by atoms with E-state index in [1.54, 1.807) is 0 Å². The van der Waals surface area contributed by atoms with Gasteiger partial charge in [0, 0.05) is 12.2 Å². The number of benzene rings is 1. The fourth-order valence-corrected chi connectivity index (χ4v) is 2.07. The number of hydrogen-bond donors (Lipinski definition) is 1. The van der Waals surface area contributed by atoms with E-state index in [9.17, 15) is 27.2 Å². The Labute approximate surface area is 110 Å². The minimum atomic E-state index is -4.82. The van der Waals surface area contributed by atoms with Crippen LogP contribution in [0.15, 0.2) is 18.2 Å². The molecule has 1 aromatic rings. The molecule has 1 saturated heterocycles. The Morgan fingerprint density at radius 1 is 1.35 bits per heavy atom. The minimum Gasteiger partial charge on any atom is -0.481 e. The van der Waals surface area contributed by atoms with Gasteiger partial charge in [-0.15, -0.1) is 0 Å². The molecule has 20 heavy (non-hydrogen) atoms. The monoisotopic (exact) mass is 291 g/mol. The van der Waals surface area contributed by atoms with E-state index in [1.807, 2.05) is 0 Å². The van der Waals surface area contributed by atoms with Gasteiger partial charge in [0.05, 0.1) is 5.56 Å². The third-order valence-electron chi connectivity index (χ3n) is 3.07. The fourth-order valence-electron chi connectivity index (χ4n) is 2.07. The SMILES string of the molecule is O=C(O)C1CCN(c2ccc(C(F)(F)F)c(F)c2)C1=O. The highest BCUT2D eigenvalue weighted by molar-refractivity contribution is 6.07. The minimum absolute atomic E-state index is 0.0284. The number of amides is 1. The Balaban J connectivity index is 2.30. The van der Waals surface area contributed by atoms with Crippen LogP contribution >= 0.6 is 0 Å². The summed E-state index contributed by atoms with van der Waals surface area (Å²) in [6.07, 6.45) is -4.78. The molecule has 0 spiro atoms. The predicted octanol–water partition coefficient (Wildman–Crippen LogP) is 2.28. The molecule has 0 bridgehead atoms. The Bertz CT molecular complexity index is 570. The van der Waals surface area contributed by atoms with Crippen LogP contribution in [0.1, 0.15) is 12.0 Å². The maximum atomic E-state index is 13.4. The molecule has 1 fully saturated rings. The van der Waals surface area contributed by atoms with Crippen LogP contribution in [0.25, 0.3) is 0 Å². The molecule has 1 aliphatic heterocycles. The van der Waals surface area contributed by atoms with E-state index in [2.05, 4.69) is 0 Å². The summed E-state index contributed by atoms with van der Waals surface area (Å²) < 4.78 is 50.6. The third-order valence-corrected chi connectivity index (χ3v) is 3.07. The number of carbonyl (C=O) groups excluding carboxylic acids is 1. The van der Waals surface area contributed by atoms with Crippen molar-refractivity contribution in [2.75, 3.05) is 11.4 Å². The zero-order valence-electron chi connectivity index (χ0n) is 9.95. The van der Waals surface area contributed by atoms with Gasteiger partial charge in [-0.2, -0.15) is 13.2 Å². The van der Waals surface area contributed by atoms with Crippen molar-refractivity contribution < 1.29 is 32.3 Å². The molecule has 0 saturated carbocycles. The van der Waals surface area contributed by atoms with Crippen LogP contribution in [0.5, 0.6) is 0 Å². The summed E-state index contributed by atoms with van der Waals surface area (Å²) in [6, 6.07) is 2.07. The third kappa shape index (κ3) is 2.45. The van der Waals surface area contributed by atoms with Crippen LogP contribution in [-0.4, -0.2) is 23.5 Å². The standard InChI is InChI=1S/C12H9F4NO3/c13-9-5-6(1-2-8(9)12(14,15)16)17-4-3-7(10(17)18)11(19)20/h1-2,5,7H,3-4H2,(H,19,20). The molecular weight excluding hydrogens is 282 g/mol. The first-order chi connectivity index (χ1) is 9.21. The summed E-state index contributed by atoms with van der Waals surface area (Å²) in [5, 5.41) is 8.78. The Kier molecular flexibility index (Phi) is 3.41. The number of carboxylic acid groups (broad SMARTS) is 1. The van der Waals surface area contributed by atoms with Crippen molar-refractivity contribution in [3.63, 3.8) is 0 Å². The second-order valence-corrected chi connectivity index (χ2v) is 4.33. The van der Waals surface area contributed by atoms with Gasteiger partial charge in [-0.3, -0.25) is 9.59 Å². The van der Waals surface area contributed by atoms with Gasteiger partial charge in [-0.05, 0) is 24.6 Å². The highest BCUT2D eigenvalue weighted by atomic mass is 19.4. The molecule has 4 nitrogen and oxygen atoms in total. The van der Waals surface area contributed by atoms with E-state index in [-0.39, 0.29) is 18.7 Å². The summed E-state index contributed by atoms with van der Waals surface area (Å²) >= 11 is 0. The van der Waals surface area contributed by atoms with E-state index < -0.39 is 35.4 Å². The largest absolute Gasteiger partial charge is 0.481 e. The number of rotatable bonds is 2. The topological polar surface area (TPSA) is 57.6 Å². The summed E-state index contributed by atoms with van der Waals surface area (Å²) in [5.41, 5.74) is -1.51. The molecule has 2 rings (SSSR count). The van der Waals surface area contributed by atoms with Crippen molar-refractivity contribution in [1.29, 1.82) is 0 Å². The van der Waals surface area contributed by atoms with E-state index in [1.165, 1.54) is 0 Å². The van der Waals surface area contributed by atoms with E-state index in [0.29, 0.717) is 12.1 Å². The number of nitrogens with zero attached hydrogens (tertiary/aromatic N) is 1. The number of hydrogen-bond acceptors (Lipinski definition) is 2. The molecule has 0 aliphatic carbocycles. The van der Waals surface area contributed by atoms with Crippen molar-refractivity contribution in [2.45, 2.75) is 12.6 Å². The molecule has 1 aromatic carbocycles. The van der Waals surface area contributed by atoms with Crippen molar-refractivity contribution in [2.24, 2.45) is 5.92 Å². The number of carboxylic acids is 1. The predicted molar refractivity (Wildman–Crippen MR) is 59.5 cm³/mol. The van der Waals surface area contributed by atoms with Gasteiger partial charge >= 0.3 is 12.1 Å². The van der Waals surface area contributed by atoms with Crippen molar-refractivity contribution in [1.82, 2.24) is 0 Å². The Morgan fingerprint density at radius 2 is 2.00 bits per heavy atom. The van der Waals surface area contributed by atoms with Gasteiger partial charge in [-0.25, -0.2) is 4.39 Å². The zero-order valence-corrected chi connectivity index (χ0v) is 9.95. The number of alkyl halides is 3. The van der Waals surface area contributed by atoms with Crippen molar-refractivity contribution in [3.8, 4) is 0 Å². The highest BCUT2D eigenvalue weighted by Gasteiger charge is 2.39. The lowest BCUT2D eigenvalue weighted by atomic mass is 10.1. The van der Waals surface area contributed by atoms with Gasteiger partial charge in [0.15, 0.2) is 0 Å². The highest BCUT2D eigenvalue weighted by Crippen LogP contribution is 2.34. The maximum Gasteiger partial charge on any atom is 0.419 e. The van der Waals surface area contributed by atoms with Crippen molar-refractivity contribution >= 4 is 17.6 Å². The molecular formula is C12H9F4NO3. The number of halogens is 4. The van der Waals surface area contributed by atoms with Gasteiger partial charge in [0.1, 0.15) is 11.7 Å². The molecule has 1 aliphatic rings. The van der Waals surface area contributed by atoms with Gasteiger partial charge in [-0.1, -0.05) is 0 Å². The molecule has 108 valence electrons. The Morgan fingerprint density at radius 3 is 2.45 bits per heavy atom. The average Bonchev–Trinajstić information content (AvgIpc) is 2.69. The van der Waals surface area contributed by atoms with Gasteiger partial charge in [0.25, 0.3) is 0 Å². The van der Waals surface area contributed by atoms with E-state index in [0.717, 1.165) is 11.0 Å². The van der Waals surface area contributed by atoms with E-state index in [4.69, 9.17) is 5.11 Å². The van der Waals surface area contributed by atoms with Gasteiger partial charge in [0.2, 0.25) is 5.91 Å². The molecule has 1 atom stereocenters. The lowest BCUT2D eigenvalue weighted by molar-refractivity contribution is -0.145. The normalized spacial score (nSPS) is 19.5. The summed E-state index contributed by atoms with van der Waals surface area (Å²) in [6.45, 7) is 0.0284. The van der Waals surface area contributed by atoms with Crippen LogP contribution < -0.4 is 4.90 Å². The fraction of sp³-hybridized carbons (Fsp3) is 0.333. The first-order valence-electron chi connectivity index (χ1n) is 5.62. The molecule has 0 radical (unpaired) electrons. The molecule has 1 N–H and O–H groups in total. The smallest absolute Gasteiger partial charge is 0.419 e. The molecule has 0 aromatic heterocycles. The van der Waals surface area contributed by atoms with Crippen molar-refractivity contribution in [3.05, 3.63) is 29.6 Å². The first-order valence-corrected chi connectivity index (χ1v) is 5.62. The molecule has 1 amide bonds. The quantitative estimate of drug-likeness (QED) is 0.672. The van der Waals surface area contributed by atoms with Crippen LogP contribution in [0.4, 0.5) is 23.2 Å². The number of anilines is 1. The van der Waals surface area contributed by atoms with Gasteiger partial charge < -0.3 is 10.0 Å². The zero-order chi connectivity index (χ0) is 15.1. The van der Waals surface area contributed by atoms with E-state index >= 15 is 0 Å². The molecule has 8 heteroatoms. The van der Waals surface area contributed by atoms with Crippen LogP contribution in [0.2, 0.25) is 0 Å². The van der Waals surface area contributed by atoms with Crippen LogP contribution in [0.3, 0.4) is 0 Å². The Hall–Kier alpha value is -2.12. The maximum absolute atomic E-state index is 13.4. The number of carbonyl (C=O) groups is 2. The first kappa shape index (κ1) is 14.3. The molecule has 1 heterocycles. The molecule has 1 unspecified atom stereocenters. The lowest BCUT2D eigenvalue weighted by Crippen LogP contribution is -2.30.